The SMILES string of the molecule is CC1NNC(C)C1CCN(C)C(=O)c1ccc2c(c1)nc(N1CC[C@H](O)C1)n2C. The van der Waals surface area contributed by atoms with E-state index in [1.54, 1.807) is 4.90 Å². The van der Waals surface area contributed by atoms with Gasteiger partial charge >= 0.3 is 0 Å². The molecule has 0 saturated carbocycles. The summed E-state index contributed by atoms with van der Waals surface area (Å²) < 4.78 is 2.04. The van der Waals surface area contributed by atoms with E-state index in [9.17, 15) is 9.90 Å². The normalized spacial score (nSPS) is 27.1. The number of β-amino-alcohol motifs (C(OH)–C–C–N with tert-alkyl or cyclic N) is 1. The maximum Gasteiger partial charge on any atom is 0.253 e. The van der Waals surface area contributed by atoms with Crippen LogP contribution in [0.3, 0.4) is 0 Å². The van der Waals surface area contributed by atoms with Crippen molar-refractivity contribution in [3.05, 3.63) is 23.8 Å². The molecule has 0 spiro atoms. The van der Waals surface area contributed by atoms with Crippen LogP contribution in [-0.2, 0) is 7.05 Å². The van der Waals surface area contributed by atoms with Crippen molar-refractivity contribution in [2.75, 3.05) is 31.6 Å². The van der Waals surface area contributed by atoms with Crippen molar-refractivity contribution in [2.45, 2.75) is 44.9 Å². The topological polar surface area (TPSA) is 85.7 Å². The van der Waals surface area contributed by atoms with E-state index in [0.717, 1.165) is 42.9 Å². The Morgan fingerprint density at radius 2 is 2.03 bits per heavy atom. The number of aromatic nitrogens is 2. The van der Waals surface area contributed by atoms with Gasteiger partial charge in [-0.1, -0.05) is 0 Å². The van der Waals surface area contributed by atoms with Crippen LogP contribution in [0.2, 0.25) is 0 Å². The molecule has 1 aromatic carbocycles. The maximum atomic E-state index is 13.0. The minimum Gasteiger partial charge on any atom is -0.391 e. The average molecular weight is 401 g/mol. The Morgan fingerprint density at radius 1 is 1.31 bits per heavy atom. The van der Waals surface area contributed by atoms with Crippen molar-refractivity contribution >= 4 is 22.9 Å². The molecular formula is C21H32N6O2. The lowest BCUT2D eigenvalue weighted by Gasteiger charge is -2.23. The van der Waals surface area contributed by atoms with Gasteiger partial charge in [-0.05, 0) is 50.8 Å². The second-order valence-corrected chi connectivity index (χ2v) is 8.61. The quantitative estimate of drug-likeness (QED) is 0.697. The number of nitrogens with zero attached hydrogens (tertiary/aromatic N) is 4. The number of rotatable bonds is 5. The minimum absolute atomic E-state index is 0.0231. The first-order chi connectivity index (χ1) is 13.8. The van der Waals surface area contributed by atoms with E-state index in [1.165, 1.54) is 0 Å². The number of nitrogens with one attached hydrogen (secondary N) is 2. The highest BCUT2D eigenvalue weighted by molar-refractivity contribution is 5.97. The molecule has 2 unspecified atom stereocenters. The van der Waals surface area contributed by atoms with Crippen LogP contribution in [-0.4, -0.2) is 70.3 Å². The predicted octanol–water partition coefficient (Wildman–Crippen LogP) is 1.11. The number of hydrazine groups is 1. The van der Waals surface area contributed by atoms with Crippen molar-refractivity contribution in [3.63, 3.8) is 0 Å². The number of aliphatic hydroxyl groups is 1. The van der Waals surface area contributed by atoms with Gasteiger partial charge in [0.1, 0.15) is 0 Å². The molecule has 1 aromatic heterocycles. The number of hydrogen-bond acceptors (Lipinski definition) is 6. The Balaban J connectivity index is 1.47. The van der Waals surface area contributed by atoms with Gasteiger partial charge in [-0.15, -0.1) is 0 Å². The molecule has 0 bridgehead atoms. The molecule has 3 atom stereocenters. The number of amides is 1. The van der Waals surface area contributed by atoms with E-state index in [1.807, 2.05) is 36.9 Å². The molecule has 158 valence electrons. The van der Waals surface area contributed by atoms with Gasteiger partial charge in [0.2, 0.25) is 5.95 Å². The lowest BCUT2D eigenvalue weighted by Crippen LogP contribution is -2.32. The van der Waals surface area contributed by atoms with E-state index >= 15 is 0 Å². The molecule has 2 aliphatic heterocycles. The van der Waals surface area contributed by atoms with Crippen molar-refractivity contribution in [2.24, 2.45) is 13.0 Å². The summed E-state index contributed by atoms with van der Waals surface area (Å²) in [5.74, 6) is 1.37. The number of carbonyl (C=O) groups excluding carboxylic acids is 1. The standard InChI is InChI=1S/C21H32N6O2/c1-13-17(14(2)24-23-13)8-9-25(3)20(29)15-5-6-19-18(11-15)22-21(26(19)4)27-10-7-16(28)12-27/h5-6,11,13-14,16-17,23-24,28H,7-10,12H2,1-4H3/t13?,14?,16-,17?/m0/s1. The Bertz CT molecular complexity index is 887. The van der Waals surface area contributed by atoms with Crippen LogP contribution in [0.1, 0.15) is 37.0 Å². The van der Waals surface area contributed by atoms with E-state index in [2.05, 4.69) is 29.6 Å². The molecule has 3 N–H and O–H groups in total. The van der Waals surface area contributed by atoms with Gasteiger partial charge < -0.3 is 19.5 Å². The molecule has 8 heteroatoms. The summed E-state index contributed by atoms with van der Waals surface area (Å²) in [4.78, 5) is 21.6. The number of hydrogen-bond donors (Lipinski definition) is 3. The van der Waals surface area contributed by atoms with Gasteiger partial charge in [0, 0.05) is 51.4 Å². The third kappa shape index (κ3) is 3.84. The molecule has 8 nitrogen and oxygen atoms in total. The molecule has 2 fully saturated rings. The molecule has 2 aromatic rings. The smallest absolute Gasteiger partial charge is 0.253 e. The minimum atomic E-state index is -0.295. The van der Waals surface area contributed by atoms with Crippen molar-refractivity contribution in [1.82, 2.24) is 25.3 Å². The van der Waals surface area contributed by atoms with Gasteiger partial charge in [-0.3, -0.25) is 15.6 Å². The van der Waals surface area contributed by atoms with Crippen LogP contribution in [0.4, 0.5) is 5.95 Å². The fraction of sp³-hybridized carbons (Fsp3) is 0.619. The molecule has 0 aliphatic carbocycles. The summed E-state index contributed by atoms with van der Waals surface area (Å²) in [5, 5.41) is 9.83. The second kappa shape index (κ2) is 7.93. The number of aliphatic hydroxyl groups excluding tert-OH is 1. The van der Waals surface area contributed by atoms with Gasteiger partial charge in [0.05, 0.1) is 17.1 Å². The summed E-state index contributed by atoms with van der Waals surface area (Å²) in [7, 11) is 3.85. The molecule has 2 aliphatic rings. The van der Waals surface area contributed by atoms with Gasteiger partial charge in [0.15, 0.2) is 0 Å². The van der Waals surface area contributed by atoms with Crippen LogP contribution < -0.4 is 15.8 Å². The number of aryl methyl sites for hydroxylation is 1. The van der Waals surface area contributed by atoms with E-state index in [4.69, 9.17) is 4.98 Å². The van der Waals surface area contributed by atoms with Crippen molar-refractivity contribution in [3.8, 4) is 0 Å². The summed E-state index contributed by atoms with van der Waals surface area (Å²) in [6.07, 6.45) is 1.43. The van der Waals surface area contributed by atoms with Crippen LogP contribution in [0.15, 0.2) is 18.2 Å². The fourth-order valence-corrected chi connectivity index (χ4v) is 4.60. The first kappa shape index (κ1) is 20.1. The second-order valence-electron chi connectivity index (χ2n) is 8.61. The zero-order chi connectivity index (χ0) is 20.7. The van der Waals surface area contributed by atoms with Crippen LogP contribution in [0.25, 0.3) is 11.0 Å². The number of anilines is 1. The molecule has 29 heavy (non-hydrogen) atoms. The molecule has 2 saturated heterocycles. The van der Waals surface area contributed by atoms with Gasteiger partial charge in [-0.2, -0.15) is 0 Å². The first-order valence-corrected chi connectivity index (χ1v) is 10.5. The third-order valence-corrected chi connectivity index (χ3v) is 6.52. The summed E-state index contributed by atoms with van der Waals surface area (Å²) in [6.45, 7) is 6.48. The maximum absolute atomic E-state index is 13.0. The highest BCUT2D eigenvalue weighted by Gasteiger charge is 2.30. The lowest BCUT2D eigenvalue weighted by molar-refractivity contribution is 0.0785. The monoisotopic (exact) mass is 400 g/mol. The number of imidazole rings is 1. The molecule has 3 heterocycles. The van der Waals surface area contributed by atoms with Gasteiger partial charge in [-0.25, -0.2) is 4.98 Å². The first-order valence-electron chi connectivity index (χ1n) is 10.5. The number of carbonyl (C=O) groups is 1. The Labute approximate surface area is 171 Å². The summed E-state index contributed by atoms with van der Waals surface area (Å²) in [5.41, 5.74) is 9.02. The molecule has 1 amide bonds. The van der Waals surface area contributed by atoms with Gasteiger partial charge in [0.25, 0.3) is 5.91 Å². The predicted molar refractivity (Wildman–Crippen MR) is 114 cm³/mol. The van der Waals surface area contributed by atoms with E-state index < -0.39 is 0 Å². The van der Waals surface area contributed by atoms with E-state index in [0.29, 0.717) is 30.1 Å². The Kier molecular flexibility index (Phi) is 5.50. The Hall–Kier alpha value is -2.16. The Morgan fingerprint density at radius 3 is 2.69 bits per heavy atom. The largest absolute Gasteiger partial charge is 0.391 e. The third-order valence-electron chi connectivity index (χ3n) is 6.52. The van der Waals surface area contributed by atoms with Crippen molar-refractivity contribution < 1.29 is 9.90 Å². The van der Waals surface area contributed by atoms with E-state index in [-0.39, 0.29) is 12.0 Å². The average Bonchev–Trinajstić information content (AvgIpc) is 3.37. The summed E-state index contributed by atoms with van der Waals surface area (Å²) in [6, 6.07) is 6.54. The molecular weight excluding hydrogens is 368 g/mol. The highest BCUT2D eigenvalue weighted by Crippen LogP contribution is 2.26. The number of benzene rings is 1. The fourth-order valence-electron chi connectivity index (χ4n) is 4.60. The molecule has 0 radical (unpaired) electrons. The molecule has 4 rings (SSSR count). The zero-order valence-electron chi connectivity index (χ0n) is 17.7. The van der Waals surface area contributed by atoms with Crippen LogP contribution in [0, 0.1) is 5.92 Å². The summed E-state index contributed by atoms with van der Waals surface area (Å²) >= 11 is 0. The number of fused-ring (bicyclic) bond motifs is 1. The van der Waals surface area contributed by atoms with Crippen LogP contribution in [0.5, 0.6) is 0 Å². The van der Waals surface area contributed by atoms with Crippen LogP contribution >= 0.6 is 0 Å². The van der Waals surface area contributed by atoms with Crippen molar-refractivity contribution in [1.29, 1.82) is 0 Å². The zero-order valence-corrected chi connectivity index (χ0v) is 17.7. The lowest BCUT2D eigenvalue weighted by atomic mass is 9.93. The highest BCUT2D eigenvalue weighted by atomic mass is 16.3.